The summed E-state index contributed by atoms with van der Waals surface area (Å²) >= 11 is 0. The summed E-state index contributed by atoms with van der Waals surface area (Å²) in [6.07, 6.45) is 28.5. The van der Waals surface area contributed by atoms with Crippen LogP contribution >= 0.6 is 0 Å². The summed E-state index contributed by atoms with van der Waals surface area (Å²) in [5.74, 6) is 4.18. The standard InChI is InChI=1S/C23H26N4O2.C21H24N4O2.C21H20N4O.C20H20N2O.C18H18N4O.C17H18N4O/c24-23-19-14-16(10-12-20(19)26-27-23)11-13-22(28)25-15-17-6-4-5-9-21(17)29-18-7-2-1-3-8-18;22-20-17-12-14(10-11-18(17)24-25-20)21(26)23-13-15-6-4-5-9-19(15)27-16-7-2-1-3-8-16;1-13-18-10-14(2-6-16(18)12-23-13)3-7-17(26)8-4-15-5-9-20-19(11-15)21(22)25-24-20;1-14-3-2-4-15(11-14)6-9-18(23)10-7-16-5-8-17-13-22-20(21)19(17)12-16;1-12-4-2-3-5-14(12)11-20-17(23)9-7-13-6-8-16-15(10-13)18(19)22-21-16;1-10-4-3-5-12(8-10)11(2)19-17(22)13-6-7-15-14(9-13)16(18)21-20-15/h4-6,9-14,18H,1-3,7-8,15H2,(H,25,28)(H3,24,26,27);4-6,9-12,16H,1-3,7-8,13H2,(H,23,26)(H3,22,24,25);2-3,5-7,9-11H,4,8,12H2,1H3,(H3,22,24,25);2-5,7-8,10-12H,6,9,13H2,1H3,(H2,21,22);2-10H,11H2,1H3,(H,20,23)(H3,19,21,22);3-9,11H,1-2H3,(H,19,22)(H3,18,20,21)/b13-11+;;7-3+;10-7+;9-7+;/t;;;;;11-/m.....1/s1. The number of carbonyl (C=O) groups is 6. The quantitative estimate of drug-likeness (QED) is 0.0203. The number of carbonyl (C=O) groups excluding carboxylic acids is 6. The summed E-state index contributed by atoms with van der Waals surface area (Å²) in [4.78, 5) is 82.1. The lowest BCUT2D eigenvalue weighted by Gasteiger charge is -2.24. The van der Waals surface area contributed by atoms with E-state index < -0.39 is 0 Å². The molecule has 0 saturated heterocycles. The van der Waals surface area contributed by atoms with Crippen LogP contribution in [0.4, 0.5) is 29.1 Å². The third-order valence-corrected chi connectivity index (χ3v) is 26.8. The summed E-state index contributed by atoms with van der Waals surface area (Å²) in [6.45, 7) is 12.9. The van der Waals surface area contributed by atoms with E-state index in [2.05, 4.69) is 126 Å². The number of nitrogens with one attached hydrogen (secondary N) is 9. The lowest BCUT2D eigenvalue weighted by atomic mass is 9.97. The summed E-state index contributed by atoms with van der Waals surface area (Å²) < 4.78 is 12.4. The lowest BCUT2D eigenvalue weighted by molar-refractivity contribution is -0.117. The third-order valence-electron chi connectivity index (χ3n) is 26.8. The predicted octanol–water partition coefficient (Wildman–Crippen LogP) is 20.8. The fourth-order valence-electron chi connectivity index (χ4n) is 18.1. The number of benzene rings is 12. The van der Waals surface area contributed by atoms with Gasteiger partial charge in [-0.2, -0.15) is 25.5 Å². The Kier molecular flexibility index (Phi) is 35.3. The second-order valence-electron chi connectivity index (χ2n) is 37.9. The number of allylic oxidation sites excluding steroid dienone is 2. The first kappa shape index (κ1) is 105. The van der Waals surface area contributed by atoms with Crippen LogP contribution in [0.3, 0.4) is 0 Å². The van der Waals surface area contributed by atoms with Gasteiger partial charge in [0.05, 0.1) is 58.9 Å². The second kappa shape index (κ2) is 50.6. The smallest absolute Gasteiger partial charge is 0.251 e. The van der Waals surface area contributed by atoms with E-state index in [-0.39, 0.29) is 53.4 Å². The maximum atomic E-state index is 12.6. The number of ketones is 2. The molecule has 12 aromatic carbocycles. The number of hydrogen-bond donors (Lipinski definition) is 15. The molecule has 0 radical (unpaired) electrons. The first-order valence-corrected chi connectivity index (χ1v) is 50.6. The summed E-state index contributed by atoms with van der Waals surface area (Å²) in [5, 5.41) is 50.0. The molecule has 5 aromatic heterocycles. The van der Waals surface area contributed by atoms with Crippen LogP contribution in [0.5, 0.6) is 11.5 Å². The van der Waals surface area contributed by atoms with Crippen molar-refractivity contribution < 1.29 is 38.2 Å². The highest BCUT2D eigenvalue weighted by molar-refractivity contribution is 6.05. The summed E-state index contributed by atoms with van der Waals surface area (Å²) in [6, 6.07) is 80.4. The summed E-state index contributed by atoms with van der Waals surface area (Å²) in [5.41, 5.74) is 59.8. The Morgan fingerprint density at radius 2 is 0.773 bits per heavy atom. The second-order valence-corrected chi connectivity index (χ2v) is 37.9. The number of para-hydroxylation sites is 2. The molecule has 2 saturated carbocycles. The number of nitrogen functional groups attached to an aromatic ring is 5. The largest absolute Gasteiger partial charge is 0.490 e. The van der Waals surface area contributed by atoms with E-state index in [9.17, 15) is 28.8 Å². The van der Waals surface area contributed by atoms with Gasteiger partial charge in [-0.1, -0.05) is 188 Å². The number of rotatable bonds is 28. The van der Waals surface area contributed by atoms with Gasteiger partial charge in [0.25, 0.3) is 11.8 Å². The molecule has 7 heterocycles. The molecule has 30 nitrogen and oxygen atoms in total. The molecule has 0 bridgehead atoms. The van der Waals surface area contributed by atoms with E-state index in [1.165, 1.54) is 78.5 Å². The molecule has 764 valence electrons. The number of nitrogens with zero attached hydrogens (tertiary/aromatic N) is 7. The molecule has 21 N–H and O–H groups in total. The molecular weight excluding hydrogens is 1880 g/mol. The highest BCUT2D eigenvalue weighted by atomic mass is 16.5. The molecule has 2 fully saturated rings. The zero-order chi connectivity index (χ0) is 105. The Hall–Kier alpha value is -18.1. The van der Waals surface area contributed by atoms with Gasteiger partial charge >= 0.3 is 0 Å². The average molecular weight is 2000 g/mol. The van der Waals surface area contributed by atoms with Crippen molar-refractivity contribution in [1.82, 2.24) is 72.3 Å². The van der Waals surface area contributed by atoms with Crippen molar-refractivity contribution in [3.05, 3.63) is 379 Å². The molecule has 4 amide bonds. The zero-order valence-corrected chi connectivity index (χ0v) is 84.8. The SMILES string of the molecule is CC1=NCc2ccc(/C=C/C(=O)CCc3ccc4[nH]nc(N)c4c3)cc21.Cc1cccc(CCC(=O)/C=C/c2ccc3c(c2)C(N)=NC3)c1.Cc1cccc([C@@H](C)NC(=O)c2ccc3[nH]nc(N)c3c2)c1.Cc1ccccc1CNC(=O)/C=C/c1ccc2[nH]nc(N)c2c1.Nc1n[nH]c2ccc(/C=C/C(=O)NCc3ccccc3OC3CCCCC3)cc12.Nc1n[nH]c2ccc(C(=O)NCc3ccccc3OC3CCCCC3)cc12. The maximum absolute atomic E-state index is 12.6. The van der Waals surface area contributed by atoms with E-state index >= 15 is 0 Å². The van der Waals surface area contributed by atoms with Crippen molar-refractivity contribution in [3.8, 4) is 11.5 Å². The number of aromatic amines is 5. The Bertz CT molecular complexity index is 7910. The predicted molar refractivity (Wildman–Crippen MR) is 601 cm³/mol. The number of ether oxygens (including phenoxy) is 2. The molecule has 0 unspecified atom stereocenters. The molecule has 17 aromatic rings. The Balaban J connectivity index is 0.000000128. The third kappa shape index (κ3) is 28.8. The lowest BCUT2D eigenvalue weighted by Crippen LogP contribution is -2.26. The Morgan fingerprint density at radius 3 is 1.28 bits per heavy atom. The number of nitrogens with two attached hydrogens (primary N) is 6. The number of amidine groups is 1. The minimum absolute atomic E-state index is 0.0650. The monoisotopic (exact) mass is 2000 g/mol. The molecule has 150 heavy (non-hydrogen) atoms. The molecule has 2 aliphatic heterocycles. The van der Waals surface area contributed by atoms with E-state index in [1.807, 2.05) is 228 Å². The van der Waals surface area contributed by atoms with Crippen LogP contribution in [0.25, 0.3) is 78.8 Å². The zero-order valence-electron chi connectivity index (χ0n) is 84.8. The topological polar surface area (TPSA) is 493 Å². The maximum Gasteiger partial charge on any atom is 0.251 e. The first-order chi connectivity index (χ1) is 72.8. The molecular formula is C120H126N22O8. The summed E-state index contributed by atoms with van der Waals surface area (Å²) in [7, 11) is 0. The number of aryl methyl sites for hydroxylation is 5. The number of aromatic nitrogens is 10. The van der Waals surface area contributed by atoms with Crippen LogP contribution in [0.2, 0.25) is 0 Å². The van der Waals surface area contributed by atoms with Crippen molar-refractivity contribution in [2.75, 3.05) is 28.7 Å². The number of aliphatic imine (C=N–C) groups is 2. The molecule has 0 spiro atoms. The van der Waals surface area contributed by atoms with E-state index in [0.717, 1.165) is 177 Å². The van der Waals surface area contributed by atoms with Crippen LogP contribution < -0.4 is 65.1 Å². The minimum atomic E-state index is -0.155. The van der Waals surface area contributed by atoms with Crippen molar-refractivity contribution >= 4 is 155 Å². The van der Waals surface area contributed by atoms with Gasteiger partial charge in [-0.3, -0.25) is 64.2 Å². The Labute approximate surface area is 870 Å². The van der Waals surface area contributed by atoms with Gasteiger partial charge in [0.15, 0.2) is 40.7 Å². The van der Waals surface area contributed by atoms with Gasteiger partial charge in [-0.15, -0.1) is 0 Å². The number of H-pyrrole nitrogens is 5. The van der Waals surface area contributed by atoms with Crippen LogP contribution in [-0.4, -0.2) is 110 Å². The normalized spacial score (nSPS) is 13.4. The van der Waals surface area contributed by atoms with Crippen LogP contribution in [0, 0.1) is 20.8 Å². The highest BCUT2D eigenvalue weighted by Gasteiger charge is 2.23. The van der Waals surface area contributed by atoms with Crippen molar-refractivity contribution in [2.45, 2.75) is 175 Å². The molecule has 30 heteroatoms. The fourth-order valence-corrected chi connectivity index (χ4v) is 18.1. The first-order valence-electron chi connectivity index (χ1n) is 50.6. The molecule has 1 atom stereocenters. The van der Waals surface area contributed by atoms with Crippen molar-refractivity contribution in [3.63, 3.8) is 0 Å². The van der Waals surface area contributed by atoms with Gasteiger partial charge < -0.3 is 65.1 Å². The number of anilines is 5. The van der Waals surface area contributed by atoms with Crippen LogP contribution in [0.1, 0.15) is 212 Å². The molecule has 2 aliphatic carbocycles. The van der Waals surface area contributed by atoms with Crippen LogP contribution in [0.15, 0.2) is 283 Å². The van der Waals surface area contributed by atoms with Gasteiger partial charge in [-0.25, -0.2) is 0 Å². The van der Waals surface area contributed by atoms with Crippen molar-refractivity contribution in [1.29, 1.82) is 0 Å². The van der Waals surface area contributed by atoms with Crippen LogP contribution in [-0.2, 0) is 64.7 Å². The van der Waals surface area contributed by atoms with Gasteiger partial charge in [-0.05, 0) is 281 Å². The van der Waals surface area contributed by atoms with Gasteiger partial charge in [0, 0.05) is 111 Å². The van der Waals surface area contributed by atoms with E-state index in [1.54, 1.807) is 48.6 Å². The van der Waals surface area contributed by atoms with E-state index in [4.69, 9.17) is 43.9 Å². The number of hydrogen-bond acceptors (Lipinski definition) is 21. The average Bonchev–Trinajstić information content (AvgIpc) is 1.64. The number of amides is 4. The molecule has 21 rings (SSSR count). The fraction of sp³-hybridized carbons (Fsp3) is 0.225. The van der Waals surface area contributed by atoms with Crippen molar-refractivity contribution in [2.24, 2.45) is 15.7 Å². The van der Waals surface area contributed by atoms with E-state index in [0.29, 0.717) is 91.5 Å². The van der Waals surface area contributed by atoms with Gasteiger partial charge in [0.1, 0.15) is 17.3 Å². The minimum Gasteiger partial charge on any atom is -0.490 e. The molecule has 4 aliphatic rings. The van der Waals surface area contributed by atoms with Gasteiger partial charge in [0.2, 0.25) is 11.8 Å². The Morgan fingerprint density at radius 1 is 0.373 bits per heavy atom. The highest BCUT2D eigenvalue weighted by Crippen LogP contribution is 2.33. The number of fused-ring (bicyclic) bond motifs is 7.